The number of nitro groups is 1. The third kappa shape index (κ3) is 4.25. The third-order valence-corrected chi connectivity index (χ3v) is 4.63. The summed E-state index contributed by atoms with van der Waals surface area (Å²) in [6, 6.07) is 7.10. The van der Waals surface area contributed by atoms with Crippen LogP contribution in [0.5, 0.6) is 0 Å². The smallest absolute Gasteiger partial charge is 0.271 e. The molecule has 0 radical (unpaired) electrons. The number of carbonyl (C=O) groups is 4. The van der Waals surface area contributed by atoms with Gasteiger partial charge >= 0.3 is 0 Å². The maximum absolute atomic E-state index is 12.9. The zero-order valence-corrected chi connectivity index (χ0v) is 16.7. The number of hydrogen-bond acceptors (Lipinski definition) is 7. The van der Waals surface area contributed by atoms with Crippen molar-refractivity contribution in [2.45, 2.75) is 26.3 Å². The quantitative estimate of drug-likeness (QED) is 0.404. The van der Waals surface area contributed by atoms with E-state index in [9.17, 15) is 29.3 Å². The third-order valence-electron chi connectivity index (χ3n) is 4.63. The fourth-order valence-corrected chi connectivity index (χ4v) is 3.26. The molecule has 3 rings (SSSR count). The first-order chi connectivity index (χ1) is 14.7. The molecule has 2 aromatic rings. The zero-order valence-electron chi connectivity index (χ0n) is 16.7. The largest absolute Gasteiger partial charge is 0.288 e. The molecule has 1 aliphatic rings. The maximum Gasteiger partial charge on any atom is 0.288 e. The van der Waals surface area contributed by atoms with Crippen molar-refractivity contribution in [1.82, 2.24) is 20.7 Å². The molecule has 2 N–H and O–H groups in total. The van der Waals surface area contributed by atoms with E-state index in [0.717, 1.165) is 6.07 Å². The van der Waals surface area contributed by atoms with Crippen LogP contribution < -0.4 is 10.9 Å². The Labute approximate surface area is 176 Å². The van der Waals surface area contributed by atoms with Crippen LogP contribution in [-0.4, -0.2) is 44.5 Å². The number of hydrazine groups is 1. The van der Waals surface area contributed by atoms with Gasteiger partial charge in [-0.05, 0) is 30.5 Å². The second kappa shape index (κ2) is 8.69. The van der Waals surface area contributed by atoms with E-state index >= 15 is 0 Å². The van der Waals surface area contributed by atoms with Gasteiger partial charge in [-0.25, -0.2) is 0 Å². The lowest BCUT2D eigenvalue weighted by atomic mass is 10.0. The van der Waals surface area contributed by atoms with Crippen LogP contribution in [0.25, 0.3) is 0 Å². The molecule has 0 bridgehead atoms. The maximum atomic E-state index is 12.9. The Morgan fingerprint density at radius 2 is 1.84 bits per heavy atom. The van der Waals surface area contributed by atoms with Crippen molar-refractivity contribution in [3.63, 3.8) is 0 Å². The van der Waals surface area contributed by atoms with Gasteiger partial charge in [-0.2, -0.15) is 0 Å². The molecule has 1 unspecified atom stereocenters. The van der Waals surface area contributed by atoms with Crippen molar-refractivity contribution in [2.75, 3.05) is 0 Å². The molecule has 11 heteroatoms. The van der Waals surface area contributed by atoms with Crippen LogP contribution in [0.2, 0.25) is 0 Å². The zero-order chi connectivity index (χ0) is 22.7. The Morgan fingerprint density at radius 3 is 2.45 bits per heavy atom. The number of nitrogens with zero attached hydrogens (tertiary/aromatic N) is 3. The minimum absolute atomic E-state index is 0.0552. The van der Waals surface area contributed by atoms with Gasteiger partial charge in [0.15, 0.2) is 0 Å². The highest BCUT2D eigenvalue weighted by Gasteiger charge is 2.46. The average Bonchev–Trinajstić information content (AvgIpc) is 3.00. The van der Waals surface area contributed by atoms with Crippen molar-refractivity contribution >= 4 is 29.3 Å². The van der Waals surface area contributed by atoms with Gasteiger partial charge in [0.05, 0.1) is 10.5 Å². The van der Waals surface area contributed by atoms with E-state index in [-0.39, 0.29) is 29.2 Å². The number of amides is 4. The second-order valence-electron chi connectivity index (χ2n) is 7.24. The molecule has 160 valence electrons. The monoisotopic (exact) mass is 425 g/mol. The molecule has 2 heterocycles. The molecule has 1 aliphatic heterocycles. The highest BCUT2D eigenvalue weighted by Crippen LogP contribution is 2.33. The second-order valence-corrected chi connectivity index (χ2v) is 7.24. The van der Waals surface area contributed by atoms with Gasteiger partial charge in [0.25, 0.3) is 29.3 Å². The molecule has 4 amide bonds. The van der Waals surface area contributed by atoms with E-state index in [2.05, 4.69) is 15.8 Å². The molecule has 1 atom stereocenters. The van der Waals surface area contributed by atoms with Crippen molar-refractivity contribution in [1.29, 1.82) is 0 Å². The Balaban J connectivity index is 1.85. The van der Waals surface area contributed by atoms with Crippen LogP contribution in [0.1, 0.15) is 51.5 Å². The van der Waals surface area contributed by atoms with Crippen molar-refractivity contribution in [2.24, 2.45) is 5.92 Å². The SMILES string of the molecule is CC(C)CC(C(=O)NNC(=O)c1ccccn1)N1C(=O)c2cccc([N+](=O)[O-])c2C1=O. The van der Waals surface area contributed by atoms with Crippen LogP contribution in [-0.2, 0) is 4.79 Å². The fourth-order valence-electron chi connectivity index (χ4n) is 3.26. The van der Waals surface area contributed by atoms with Gasteiger partial charge in [0.1, 0.15) is 17.3 Å². The van der Waals surface area contributed by atoms with E-state index in [0.29, 0.717) is 4.90 Å². The van der Waals surface area contributed by atoms with Gasteiger partial charge in [-0.3, -0.25) is 50.0 Å². The van der Waals surface area contributed by atoms with E-state index in [1.807, 2.05) is 0 Å². The lowest BCUT2D eigenvalue weighted by Crippen LogP contribution is -2.54. The summed E-state index contributed by atoms with van der Waals surface area (Å²) in [6.07, 6.45) is 1.49. The number of benzene rings is 1. The number of nitrogens with one attached hydrogen (secondary N) is 2. The predicted molar refractivity (Wildman–Crippen MR) is 107 cm³/mol. The highest BCUT2D eigenvalue weighted by atomic mass is 16.6. The lowest BCUT2D eigenvalue weighted by Gasteiger charge is -2.26. The Kier molecular flexibility index (Phi) is 6.05. The Bertz CT molecular complexity index is 1070. The van der Waals surface area contributed by atoms with E-state index in [4.69, 9.17) is 0 Å². The number of carbonyl (C=O) groups excluding carboxylic acids is 4. The van der Waals surface area contributed by atoms with E-state index in [1.54, 1.807) is 26.0 Å². The van der Waals surface area contributed by atoms with Crippen molar-refractivity contribution in [3.8, 4) is 0 Å². The van der Waals surface area contributed by atoms with Gasteiger partial charge in [-0.15, -0.1) is 0 Å². The standard InChI is InChI=1S/C20H19N5O6/c1-11(2)10-15(18(27)23-22-17(26)13-7-3-4-9-21-13)24-19(28)12-6-5-8-14(25(30)31)16(12)20(24)29/h3-9,11,15H,10H2,1-2H3,(H,22,26)(H,23,27). The number of rotatable bonds is 6. The number of pyridine rings is 1. The molecular formula is C20H19N5O6. The summed E-state index contributed by atoms with van der Waals surface area (Å²) in [5.74, 6) is -3.34. The molecule has 0 aliphatic carbocycles. The Hall–Kier alpha value is -4.15. The van der Waals surface area contributed by atoms with Crippen LogP contribution in [0.3, 0.4) is 0 Å². The summed E-state index contributed by atoms with van der Waals surface area (Å²) < 4.78 is 0. The minimum atomic E-state index is -1.28. The molecule has 0 saturated heterocycles. The van der Waals surface area contributed by atoms with Gasteiger partial charge in [-0.1, -0.05) is 26.0 Å². The summed E-state index contributed by atoms with van der Waals surface area (Å²) in [5.41, 5.74) is 3.46. The molecule has 11 nitrogen and oxygen atoms in total. The lowest BCUT2D eigenvalue weighted by molar-refractivity contribution is -0.385. The number of nitro benzene ring substituents is 1. The fraction of sp³-hybridized carbons (Fsp3) is 0.250. The summed E-state index contributed by atoms with van der Waals surface area (Å²) in [7, 11) is 0. The number of aromatic nitrogens is 1. The van der Waals surface area contributed by atoms with E-state index < -0.39 is 40.3 Å². The number of fused-ring (bicyclic) bond motifs is 1. The molecule has 1 aromatic heterocycles. The molecule has 0 spiro atoms. The molecule has 1 aromatic carbocycles. The van der Waals surface area contributed by atoms with Crippen LogP contribution in [0, 0.1) is 16.0 Å². The number of hydrogen-bond donors (Lipinski definition) is 2. The van der Waals surface area contributed by atoms with Gasteiger partial charge in [0, 0.05) is 12.3 Å². The van der Waals surface area contributed by atoms with E-state index in [1.165, 1.54) is 24.4 Å². The van der Waals surface area contributed by atoms with Gasteiger partial charge in [0.2, 0.25) is 0 Å². The molecule has 0 fully saturated rings. The predicted octanol–water partition coefficient (Wildman–Crippen LogP) is 1.46. The first kappa shape index (κ1) is 21.6. The van der Waals surface area contributed by atoms with Crippen LogP contribution >= 0.6 is 0 Å². The Morgan fingerprint density at radius 1 is 1.10 bits per heavy atom. The van der Waals surface area contributed by atoms with Crippen molar-refractivity contribution in [3.05, 3.63) is 69.5 Å². The first-order valence-electron chi connectivity index (χ1n) is 9.39. The first-order valence-corrected chi connectivity index (χ1v) is 9.39. The highest BCUT2D eigenvalue weighted by molar-refractivity contribution is 6.24. The summed E-state index contributed by atoms with van der Waals surface area (Å²) in [4.78, 5) is 65.9. The molecule has 31 heavy (non-hydrogen) atoms. The summed E-state index contributed by atoms with van der Waals surface area (Å²) >= 11 is 0. The normalized spacial score (nSPS) is 13.7. The number of imide groups is 1. The summed E-state index contributed by atoms with van der Waals surface area (Å²) in [5, 5.41) is 11.3. The molecular weight excluding hydrogens is 406 g/mol. The van der Waals surface area contributed by atoms with Crippen LogP contribution in [0.15, 0.2) is 42.6 Å². The topological polar surface area (TPSA) is 152 Å². The van der Waals surface area contributed by atoms with Gasteiger partial charge < -0.3 is 0 Å². The van der Waals surface area contributed by atoms with Crippen LogP contribution in [0.4, 0.5) is 5.69 Å². The average molecular weight is 425 g/mol. The minimum Gasteiger partial charge on any atom is -0.271 e. The summed E-state index contributed by atoms with van der Waals surface area (Å²) in [6.45, 7) is 3.57. The molecule has 0 saturated carbocycles. The van der Waals surface area contributed by atoms with Crippen molar-refractivity contribution < 1.29 is 24.1 Å².